The molecule has 1 heterocycles. The maximum absolute atomic E-state index is 13.7. The van der Waals surface area contributed by atoms with Gasteiger partial charge in [-0.1, -0.05) is 25.0 Å². The number of aromatic nitrogens is 1. The van der Waals surface area contributed by atoms with Crippen LogP contribution in [0, 0.1) is 0 Å². The lowest BCUT2D eigenvalue weighted by molar-refractivity contribution is -0.139. The van der Waals surface area contributed by atoms with E-state index in [1.54, 1.807) is 6.07 Å². The van der Waals surface area contributed by atoms with E-state index in [2.05, 4.69) is 4.98 Å². The van der Waals surface area contributed by atoms with Crippen LogP contribution in [-0.4, -0.2) is 16.1 Å². The first-order valence-corrected chi connectivity index (χ1v) is 11.5. The average molecular weight is 457 g/mol. The topological polar surface area (TPSA) is 62.3 Å². The van der Waals surface area contributed by atoms with Crippen molar-refractivity contribution in [3.05, 3.63) is 64.3 Å². The fourth-order valence-electron chi connectivity index (χ4n) is 5.68. The largest absolute Gasteiger partial charge is 0.489 e. The van der Waals surface area contributed by atoms with Crippen LogP contribution in [-0.2, 0) is 24.0 Å². The van der Waals surface area contributed by atoms with Crippen molar-refractivity contribution in [1.29, 1.82) is 0 Å². The van der Waals surface area contributed by atoms with Crippen LogP contribution in [0.1, 0.15) is 78.3 Å². The van der Waals surface area contributed by atoms with Crippen molar-refractivity contribution in [1.82, 2.24) is 4.98 Å². The Balaban J connectivity index is 1.42. The van der Waals surface area contributed by atoms with Gasteiger partial charge in [0.05, 0.1) is 12.0 Å². The Morgan fingerprint density at radius 1 is 1.12 bits per heavy atom. The first-order chi connectivity index (χ1) is 15.8. The summed E-state index contributed by atoms with van der Waals surface area (Å²) in [6, 6.07) is 10.0. The van der Waals surface area contributed by atoms with Gasteiger partial charge in [-0.15, -0.1) is 0 Å². The summed E-state index contributed by atoms with van der Waals surface area (Å²) in [5.74, 6) is -0.313. The molecule has 2 N–H and O–H groups in total. The number of aliphatic carboxylic acids is 1. The van der Waals surface area contributed by atoms with E-state index in [1.165, 1.54) is 12.1 Å². The number of aryl methyl sites for hydroxylation is 1. The Bertz CT molecular complexity index is 1190. The number of carboxylic acids is 1. The van der Waals surface area contributed by atoms with E-state index >= 15 is 0 Å². The van der Waals surface area contributed by atoms with Crippen molar-refractivity contribution in [2.45, 2.75) is 69.6 Å². The van der Waals surface area contributed by atoms with Crippen LogP contribution in [0.2, 0.25) is 0 Å². The molecule has 174 valence electrons. The fraction of sp³-hybridized carbons (Fsp3) is 0.423. The Labute approximate surface area is 189 Å². The molecule has 0 spiro atoms. The molecular formula is C26H26F3NO3. The first kappa shape index (κ1) is 21.9. The lowest BCUT2D eigenvalue weighted by Crippen LogP contribution is -2.14. The Kier molecular flexibility index (Phi) is 5.59. The van der Waals surface area contributed by atoms with E-state index in [4.69, 9.17) is 9.84 Å². The van der Waals surface area contributed by atoms with E-state index < -0.39 is 17.7 Å². The van der Waals surface area contributed by atoms with Crippen molar-refractivity contribution in [2.24, 2.45) is 0 Å². The summed E-state index contributed by atoms with van der Waals surface area (Å²) in [5.41, 5.74) is 3.46. The van der Waals surface area contributed by atoms with Gasteiger partial charge in [0.1, 0.15) is 12.4 Å². The highest BCUT2D eigenvalue weighted by atomic mass is 19.4. The molecule has 1 aromatic heterocycles. The smallest absolute Gasteiger partial charge is 0.416 e. The summed E-state index contributed by atoms with van der Waals surface area (Å²) in [6.45, 7) is 0.0789. The van der Waals surface area contributed by atoms with Gasteiger partial charge in [-0.05, 0) is 72.6 Å². The molecule has 1 fully saturated rings. The quantitative estimate of drug-likeness (QED) is 0.422. The number of hydrogen-bond donors (Lipinski definition) is 2. The van der Waals surface area contributed by atoms with Crippen LogP contribution in [0.5, 0.6) is 5.75 Å². The summed E-state index contributed by atoms with van der Waals surface area (Å²) in [6.07, 6.45) is 0.774. The van der Waals surface area contributed by atoms with Crippen LogP contribution in [0.25, 0.3) is 10.9 Å². The minimum absolute atomic E-state index is 0.0200. The number of benzene rings is 2. The van der Waals surface area contributed by atoms with Gasteiger partial charge in [0.15, 0.2) is 0 Å². The Morgan fingerprint density at radius 3 is 2.64 bits per heavy atom. The number of ether oxygens (including phenoxy) is 1. The predicted octanol–water partition coefficient (Wildman–Crippen LogP) is 6.93. The monoisotopic (exact) mass is 457 g/mol. The van der Waals surface area contributed by atoms with Crippen LogP contribution in [0.3, 0.4) is 0 Å². The number of rotatable bonds is 6. The lowest BCUT2D eigenvalue weighted by atomic mass is 9.88. The minimum Gasteiger partial charge on any atom is -0.489 e. The molecule has 2 aromatic carbocycles. The van der Waals surface area contributed by atoms with Crippen molar-refractivity contribution in [3.63, 3.8) is 0 Å². The number of aromatic amines is 1. The number of halogens is 3. The van der Waals surface area contributed by atoms with Gasteiger partial charge in [-0.3, -0.25) is 4.79 Å². The second kappa shape index (κ2) is 8.43. The Hall–Kier alpha value is -2.96. The maximum atomic E-state index is 13.7. The van der Waals surface area contributed by atoms with Gasteiger partial charge < -0.3 is 14.8 Å². The minimum atomic E-state index is -4.38. The third-order valence-corrected chi connectivity index (χ3v) is 7.14. The number of H-pyrrole nitrogens is 1. The number of fused-ring (bicyclic) bond motifs is 3. The third-order valence-electron chi connectivity index (χ3n) is 7.14. The molecule has 1 atom stereocenters. The second-order valence-electron chi connectivity index (χ2n) is 9.20. The summed E-state index contributed by atoms with van der Waals surface area (Å²) < 4.78 is 47.2. The fourth-order valence-corrected chi connectivity index (χ4v) is 5.68. The first-order valence-electron chi connectivity index (χ1n) is 11.5. The van der Waals surface area contributed by atoms with Crippen molar-refractivity contribution in [3.8, 4) is 5.75 Å². The number of nitrogens with one attached hydrogen (secondary N) is 1. The van der Waals surface area contributed by atoms with Gasteiger partial charge in [0.25, 0.3) is 0 Å². The number of carbonyl (C=O) groups is 1. The summed E-state index contributed by atoms with van der Waals surface area (Å²) >= 11 is 0. The molecule has 7 heteroatoms. The van der Waals surface area contributed by atoms with Crippen LogP contribution in [0.4, 0.5) is 13.2 Å². The molecule has 5 rings (SSSR count). The van der Waals surface area contributed by atoms with Crippen molar-refractivity contribution >= 4 is 16.9 Å². The molecule has 2 aliphatic rings. The molecule has 2 aliphatic carbocycles. The van der Waals surface area contributed by atoms with Gasteiger partial charge in [-0.2, -0.15) is 13.2 Å². The molecular weight excluding hydrogens is 431 g/mol. The average Bonchev–Trinajstić information content (AvgIpc) is 3.49. The highest BCUT2D eigenvalue weighted by molar-refractivity contribution is 5.87. The normalized spacial score (nSPS) is 18.7. The van der Waals surface area contributed by atoms with Crippen LogP contribution < -0.4 is 4.74 Å². The number of carboxylic acid groups (broad SMARTS) is 1. The van der Waals surface area contributed by atoms with E-state index in [0.29, 0.717) is 16.9 Å². The molecule has 4 nitrogen and oxygen atoms in total. The lowest BCUT2D eigenvalue weighted by Gasteiger charge is -2.21. The number of alkyl halides is 3. The van der Waals surface area contributed by atoms with Crippen LogP contribution in [0.15, 0.2) is 36.4 Å². The SMILES string of the molecule is O=C(O)C[C@H]1CCc2c1[nH]c1ccc(OCc3cccc(C(F)(F)F)c3C3CCCC3)cc21. The molecule has 3 aromatic rings. The van der Waals surface area contributed by atoms with Crippen LogP contribution >= 0.6 is 0 Å². The van der Waals surface area contributed by atoms with E-state index in [1.807, 2.05) is 18.2 Å². The van der Waals surface area contributed by atoms with E-state index in [0.717, 1.165) is 60.7 Å². The zero-order valence-corrected chi connectivity index (χ0v) is 18.2. The molecule has 0 radical (unpaired) electrons. The molecule has 33 heavy (non-hydrogen) atoms. The second-order valence-corrected chi connectivity index (χ2v) is 9.20. The zero-order valence-electron chi connectivity index (χ0n) is 18.2. The van der Waals surface area contributed by atoms with Gasteiger partial charge in [0, 0.05) is 22.5 Å². The molecule has 0 unspecified atom stereocenters. The number of hydrogen-bond acceptors (Lipinski definition) is 2. The highest BCUT2D eigenvalue weighted by Crippen LogP contribution is 2.44. The summed E-state index contributed by atoms with van der Waals surface area (Å²) in [7, 11) is 0. The molecule has 0 bridgehead atoms. The van der Waals surface area contributed by atoms with Gasteiger partial charge in [0.2, 0.25) is 0 Å². The third kappa shape index (κ3) is 4.21. The van der Waals surface area contributed by atoms with Gasteiger partial charge in [-0.25, -0.2) is 0 Å². The van der Waals surface area contributed by atoms with E-state index in [9.17, 15) is 18.0 Å². The highest BCUT2D eigenvalue weighted by Gasteiger charge is 2.37. The van der Waals surface area contributed by atoms with Gasteiger partial charge >= 0.3 is 12.1 Å². The summed E-state index contributed by atoms with van der Waals surface area (Å²) in [5, 5.41) is 10.2. The maximum Gasteiger partial charge on any atom is 0.416 e. The zero-order chi connectivity index (χ0) is 23.2. The standard InChI is InChI=1S/C26H26F3NO3/c27-26(28,29)21-7-3-6-17(24(21)15-4-1-2-5-15)14-33-18-9-11-22-20(13-18)19-10-8-16(12-23(31)32)25(19)30-22/h3,6-7,9,11,13,15-16,30H,1-2,4-5,8,10,12,14H2,(H,31,32)/t16-/m1/s1. The molecule has 1 saturated carbocycles. The molecule has 0 saturated heterocycles. The summed E-state index contributed by atoms with van der Waals surface area (Å²) in [4.78, 5) is 14.5. The predicted molar refractivity (Wildman–Crippen MR) is 119 cm³/mol. The Morgan fingerprint density at radius 2 is 1.91 bits per heavy atom. The molecule has 0 aliphatic heterocycles. The van der Waals surface area contributed by atoms with Crippen molar-refractivity contribution < 1.29 is 27.8 Å². The molecule has 0 amide bonds. The van der Waals surface area contributed by atoms with Crippen molar-refractivity contribution in [2.75, 3.05) is 0 Å². The van der Waals surface area contributed by atoms with E-state index in [-0.39, 0.29) is 24.9 Å².